The van der Waals surface area contributed by atoms with E-state index in [1.807, 2.05) is 30.3 Å². The molecule has 2 atom stereocenters. The Labute approximate surface area is 111 Å². The number of fused-ring (bicyclic) bond motifs is 1. The van der Waals surface area contributed by atoms with Crippen molar-refractivity contribution in [2.45, 2.75) is 19.1 Å². The van der Waals surface area contributed by atoms with Crippen molar-refractivity contribution >= 4 is 10.9 Å². The number of ether oxygens (including phenoxy) is 1. The molecule has 0 amide bonds. The van der Waals surface area contributed by atoms with Crippen molar-refractivity contribution in [1.29, 1.82) is 0 Å². The number of benzene rings is 1. The molecule has 0 bridgehead atoms. The van der Waals surface area contributed by atoms with Gasteiger partial charge >= 0.3 is 0 Å². The minimum atomic E-state index is -0.536. The molecule has 1 aliphatic heterocycles. The first-order valence-electron chi connectivity index (χ1n) is 6.60. The van der Waals surface area contributed by atoms with Gasteiger partial charge in [-0.1, -0.05) is 18.2 Å². The van der Waals surface area contributed by atoms with E-state index in [0.717, 1.165) is 17.3 Å². The highest BCUT2D eigenvalue weighted by Gasteiger charge is 2.24. The summed E-state index contributed by atoms with van der Waals surface area (Å²) in [7, 11) is 0. The molecule has 2 heterocycles. The molecule has 19 heavy (non-hydrogen) atoms. The molecule has 2 unspecified atom stereocenters. The van der Waals surface area contributed by atoms with Crippen molar-refractivity contribution in [1.82, 2.24) is 4.57 Å². The molecule has 4 heteroatoms. The Kier molecular flexibility index (Phi) is 3.36. The van der Waals surface area contributed by atoms with Gasteiger partial charge in [0.15, 0.2) is 0 Å². The van der Waals surface area contributed by atoms with Gasteiger partial charge < -0.3 is 14.4 Å². The van der Waals surface area contributed by atoms with Crippen LogP contribution in [0.15, 0.2) is 41.2 Å². The lowest BCUT2D eigenvalue weighted by molar-refractivity contribution is 0.0780. The first-order valence-corrected chi connectivity index (χ1v) is 6.60. The fourth-order valence-corrected chi connectivity index (χ4v) is 2.62. The number of aliphatic hydroxyl groups is 1. The number of nitrogens with zero attached hydrogens (tertiary/aromatic N) is 1. The lowest BCUT2D eigenvalue weighted by atomic mass is 10.0. The van der Waals surface area contributed by atoms with E-state index in [4.69, 9.17) is 4.74 Å². The molecule has 1 fully saturated rings. The molecule has 1 aromatic carbocycles. The number of hydrogen-bond acceptors (Lipinski definition) is 3. The third-order valence-electron chi connectivity index (χ3n) is 3.78. The van der Waals surface area contributed by atoms with Gasteiger partial charge in [-0.05, 0) is 23.9 Å². The van der Waals surface area contributed by atoms with E-state index in [1.165, 1.54) is 0 Å². The molecule has 100 valence electrons. The summed E-state index contributed by atoms with van der Waals surface area (Å²) in [5.74, 6) is 0.130. The van der Waals surface area contributed by atoms with Crippen LogP contribution in [-0.4, -0.2) is 29.0 Å². The largest absolute Gasteiger partial charge is 0.391 e. The molecule has 1 aliphatic rings. The summed E-state index contributed by atoms with van der Waals surface area (Å²) in [5, 5.41) is 11.3. The van der Waals surface area contributed by atoms with Gasteiger partial charge in [-0.2, -0.15) is 0 Å². The summed E-state index contributed by atoms with van der Waals surface area (Å²) in [6, 6.07) is 11.1. The van der Waals surface area contributed by atoms with E-state index < -0.39 is 6.10 Å². The van der Waals surface area contributed by atoms with E-state index in [0.29, 0.717) is 19.8 Å². The predicted molar refractivity (Wildman–Crippen MR) is 73.1 cm³/mol. The highest BCUT2D eigenvalue weighted by molar-refractivity contribution is 5.78. The molecule has 0 spiro atoms. The SMILES string of the molecule is O=c1ccc2ccccc2n1CC(O)C1CCOC1. The van der Waals surface area contributed by atoms with Gasteiger partial charge in [0.2, 0.25) is 0 Å². The number of hydrogen-bond donors (Lipinski definition) is 1. The second-order valence-electron chi connectivity index (χ2n) is 5.03. The van der Waals surface area contributed by atoms with Gasteiger partial charge in [-0.25, -0.2) is 0 Å². The van der Waals surface area contributed by atoms with E-state index >= 15 is 0 Å². The zero-order chi connectivity index (χ0) is 13.2. The standard InChI is InChI=1S/C15H17NO3/c17-14(12-7-8-19-10-12)9-16-13-4-2-1-3-11(13)5-6-15(16)18/h1-6,12,14,17H,7-10H2. The van der Waals surface area contributed by atoms with Crippen molar-refractivity contribution in [2.75, 3.05) is 13.2 Å². The van der Waals surface area contributed by atoms with Gasteiger partial charge in [0.25, 0.3) is 5.56 Å². The summed E-state index contributed by atoms with van der Waals surface area (Å²) >= 11 is 0. The van der Waals surface area contributed by atoms with E-state index in [2.05, 4.69) is 0 Å². The van der Waals surface area contributed by atoms with Gasteiger partial charge in [0, 0.05) is 18.6 Å². The van der Waals surface area contributed by atoms with Gasteiger partial charge in [-0.15, -0.1) is 0 Å². The predicted octanol–water partition coefficient (Wildman–Crippen LogP) is 1.40. The quantitative estimate of drug-likeness (QED) is 0.906. The Morgan fingerprint density at radius 3 is 2.95 bits per heavy atom. The Hall–Kier alpha value is -1.65. The molecular formula is C15H17NO3. The third kappa shape index (κ3) is 2.41. The van der Waals surface area contributed by atoms with E-state index in [-0.39, 0.29) is 11.5 Å². The van der Waals surface area contributed by atoms with Crippen LogP contribution in [0.25, 0.3) is 10.9 Å². The smallest absolute Gasteiger partial charge is 0.251 e. The van der Waals surface area contributed by atoms with Crippen LogP contribution in [0.2, 0.25) is 0 Å². The minimum Gasteiger partial charge on any atom is -0.391 e. The van der Waals surface area contributed by atoms with Gasteiger partial charge in [-0.3, -0.25) is 4.79 Å². The maximum Gasteiger partial charge on any atom is 0.251 e. The Balaban J connectivity index is 1.95. The molecule has 0 aliphatic carbocycles. The van der Waals surface area contributed by atoms with Gasteiger partial charge in [0.05, 0.1) is 24.8 Å². The first-order chi connectivity index (χ1) is 9.25. The highest BCUT2D eigenvalue weighted by atomic mass is 16.5. The molecule has 3 rings (SSSR count). The molecule has 2 aromatic rings. The maximum absolute atomic E-state index is 12.0. The molecular weight excluding hydrogens is 242 g/mol. The molecule has 1 aromatic heterocycles. The Morgan fingerprint density at radius 1 is 1.32 bits per heavy atom. The second kappa shape index (κ2) is 5.15. The monoisotopic (exact) mass is 259 g/mol. The summed E-state index contributed by atoms with van der Waals surface area (Å²) in [6.45, 7) is 1.61. The normalized spacial score (nSPS) is 20.8. The number of rotatable bonds is 3. The van der Waals surface area contributed by atoms with Crippen LogP contribution < -0.4 is 5.56 Å². The Morgan fingerprint density at radius 2 is 2.16 bits per heavy atom. The topological polar surface area (TPSA) is 51.5 Å². The van der Waals surface area contributed by atoms with Crippen molar-refractivity contribution in [3.63, 3.8) is 0 Å². The Bertz CT molecular complexity index is 629. The average molecular weight is 259 g/mol. The van der Waals surface area contributed by atoms with Crippen LogP contribution in [-0.2, 0) is 11.3 Å². The van der Waals surface area contributed by atoms with Crippen LogP contribution in [0.3, 0.4) is 0 Å². The van der Waals surface area contributed by atoms with Crippen LogP contribution in [0, 0.1) is 5.92 Å². The van der Waals surface area contributed by atoms with Gasteiger partial charge in [0.1, 0.15) is 0 Å². The van der Waals surface area contributed by atoms with Crippen molar-refractivity contribution < 1.29 is 9.84 Å². The molecule has 1 saturated heterocycles. The lowest BCUT2D eigenvalue weighted by Crippen LogP contribution is -2.31. The minimum absolute atomic E-state index is 0.0725. The first kappa shape index (κ1) is 12.4. The maximum atomic E-state index is 12.0. The van der Waals surface area contributed by atoms with Crippen LogP contribution >= 0.6 is 0 Å². The average Bonchev–Trinajstić information content (AvgIpc) is 2.96. The zero-order valence-corrected chi connectivity index (χ0v) is 10.7. The lowest BCUT2D eigenvalue weighted by Gasteiger charge is -2.19. The number of aliphatic hydroxyl groups excluding tert-OH is 1. The summed E-state index contributed by atoms with van der Waals surface area (Å²) in [6.07, 6.45) is 0.326. The van der Waals surface area contributed by atoms with Crippen LogP contribution in [0.4, 0.5) is 0 Å². The van der Waals surface area contributed by atoms with Crippen LogP contribution in [0.1, 0.15) is 6.42 Å². The van der Waals surface area contributed by atoms with Crippen LogP contribution in [0.5, 0.6) is 0 Å². The number of pyridine rings is 1. The van der Waals surface area contributed by atoms with Crippen molar-refractivity contribution in [2.24, 2.45) is 5.92 Å². The zero-order valence-electron chi connectivity index (χ0n) is 10.7. The number of para-hydroxylation sites is 1. The molecule has 0 saturated carbocycles. The number of aromatic nitrogens is 1. The summed E-state index contributed by atoms with van der Waals surface area (Å²) < 4.78 is 6.94. The second-order valence-corrected chi connectivity index (χ2v) is 5.03. The highest BCUT2D eigenvalue weighted by Crippen LogP contribution is 2.19. The van der Waals surface area contributed by atoms with Crippen molar-refractivity contribution in [3.8, 4) is 0 Å². The third-order valence-corrected chi connectivity index (χ3v) is 3.78. The van der Waals surface area contributed by atoms with E-state index in [9.17, 15) is 9.90 Å². The fourth-order valence-electron chi connectivity index (χ4n) is 2.62. The molecule has 4 nitrogen and oxygen atoms in total. The summed E-state index contributed by atoms with van der Waals surface area (Å²) in [5.41, 5.74) is 0.796. The van der Waals surface area contributed by atoms with Crippen molar-refractivity contribution in [3.05, 3.63) is 46.8 Å². The molecule has 0 radical (unpaired) electrons. The van der Waals surface area contributed by atoms with E-state index in [1.54, 1.807) is 10.6 Å². The fraction of sp³-hybridized carbons (Fsp3) is 0.400. The summed E-state index contributed by atoms with van der Waals surface area (Å²) in [4.78, 5) is 12.0. The molecule has 1 N–H and O–H groups in total.